The molecule has 2 nitrogen and oxygen atoms in total. The van der Waals surface area contributed by atoms with E-state index in [0.29, 0.717) is 0 Å². The number of hydrogen-bond acceptors (Lipinski definition) is 2. The molecule has 0 spiro atoms. The van der Waals surface area contributed by atoms with Crippen molar-refractivity contribution in [2.24, 2.45) is 0 Å². The highest BCUT2D eigenvalue weighted by molar-refractivity contribution is 9.10. The third kappa shape index (κ3) is 2.13. The Kier molecular flexibility index (Phi) is 3.53. The summed E-state index contributed by atoms with van der Waals surface area (Å²) in [6.07, 6.45) is 0. The number of hydrogen-bond donors (Lipinski definition) is 0. The molecule has 0 saturated heterocycles. The number of rotatable bonds is 3. The van der Waals surface area contributed by atoms with Gasteiger partial charge in [0.1, 0.15) is 5.69 Å². The van der Waals surface area contributed by atoms with Crippen LogP contribution in [0.1, 0.15) is 5.56 Å². The van der Waals surface area contributed by atoms with Crippen LogP contribution in [0.25, 0.3) is 0 Å². The molecule has 0 aromatic heterocycles. The third-order valence-corrected chi connectivity index (χ3v) is 2.55. The van der Waals surface area contributed by atoms with E-state index in [2.05, 4.69) is 15.9 Å². The van der Waals surface area contributed by atoms with Crippen LogP contribution in [0.2, 0.25) is 0 Å². The molecule has 0 atom stereocenters. The Balaban J connectivity index is 3.12. The van der Waals surface area contributed by atoms with E-state index in [4.69, 9.17) is 17.3 Å². The second-order valence-electron chi connectivity index (χ2n) is 2.56. The van der Waals surface area contributed by atoms with Crippen molar-refractivity contribution in [3.63, 3.8) is 0 Å². The van der Waals surface area contributed by atoms with Gasteiger partial charge in [-0.3, -0.25) is 0 Å². The SMILES string of the molecule is [B]C(OC)(OC)c1ccccc1Br. The largest absolute Gasteiger partial charge is 0.359 e. The first-order valence-corrected chi connectivity index (χ1v) is 4.57. The van der Waals surface area contributed by atoms with Crippen molar-refractivity contribution in [3.05, 3.63) is 34.3 Å². The first-order chi connectivity index (χ1) is 6.14. The summed E-state index contributed by atoms with van der Waals surface area (Å²) in [5, 5.41) is 0. The lowest BCUT2D eigenvalue weighted by atomic mass is 9.87. The van der Waals surface area contributed by atoms with Crippen LogP contribution in [-0.4, -0.2) is 22.1 Å². The van der Waals surface area contributed by atoms with Gasteiger partial charge in [-0.2, -0.15) is 0 Å². The monoisotopic (exact) mass is 240 g/mol. The molecule has 0 fully saturated rings. The third-order valence-electron chi connectivity index (χ3n) is 1.86. The number of benzene rings is 1. The van der Waals surface area contributed by atoms with Gasteiger partial charge in [0.25, 0.3) is 0 Å². The Morgan fingerprint density at radius 2 is 1.77 bits per heavy atom. The van der Waals surface area contributed by atoms with Crippen LogP contribution in [0.15, 0.2) is 28.7 Å². The normalized spacial score (nSPS) is 11.6. The molecule has 0 bridgehead atoms. The van der Waals surface area contributed by atoms with Crippen LogP contribution in [0, 0.1) is 0 Å². The van der Waals surface area contributed by atoms with Crippen molar-refractivity contribution in [2.75, 3.05) is 14.2 Å². The standard InChI is InChI=1S/C9H10BBrO2/c1-12-9(10,13-2)7-5-3-4-6-8(7)11/h3-6H,1-2H3. The molecular weight excluding hydrogens is 231 g/mol. The second kappa shape index (κ2) is 4.27. The summed E-state index contributed by atoms with van der Waals surface area (Å²) in [7, 11) is 8.85. The van der Waals surface area contributed by atoms with Gasteiger partial charge in [-0.05, 0) is 6.07 Å². The molecule has 68 valence electrons. The predicted molar refractivity (Wildman–Crippen MR) is 55.6 cm³/mol. The van der Waals surface area contributed by atoms with E-state index < -0.39 is 5.69 Å². The van der Waals surface area contributed by atoms with Crippen LogP contribution in [0.3, 0.4) is 0 Å². The maximum atomic E-state index is 5.84. The van der Waals surface area contributed by atoms with E-state index in [1.165, 1.54) is 14.2 Å². The summed E-state index contributed by atoms with van der Waals surface area (Å²) in [5.74, 6) is 0. The molecule has 2 radical (unpaired) electrons. The van der Waals surface area contributed by atoms with E-state index in [0.717, 1.165) is 10.0 Å². The summed E-state index contributed by atoms with van der Waals surface area (Å²) in [5.41, 5.74) is -0.417. The Morgan fingerprint density at radius 3 is 2.23 bits per heavy atom. The van der Waals surface area contributed by atoms with E-state index in [9.17, 15) is 0 Å². The fraction of sp³-hybridized carbons (Fsp3) is 0.333. The average Bonchev–Trinajstić information content (AvgIpc) is 2.17. The molecule has 0 aliphatic heterocycles. The van der Waals surface area contributed by atoms with E-state index in [-0.39, 0.29) is 0 Å². The minimum Gasteiger partial charge on any atom is -0.359 e. The highest BCUT2D eigenvalue weighted by Gasteiger charge is 2.26. The summed E-state index contributed by atoms with van der Waals surface area (Å²) in [4.78, 5) is 0. The Hall–Kier alpha value is -0.315. The lowest BCUT2D eigenvalue weighted by Gasteiger charge is -2.28. The van der Waals surface area contributed by atoms with Crippen molar-refractivity contribution >= 4 is 23.8 Å². The van der Waals surface area contributed by atoms with Crippen LogP contribution in [0.4, 0.5) is 0 Å². The Bertz CT molecular complexity index is 287. The molecule has 0 aliphatic rings. The fourth-order valence-corrected chi connectivity index (χ4v) is 1.61. The first-order valence-electron chi connectivity index (χ1n) is 3.78. The number of ether oxygens (including phenoxy) is 2. The minimum atomic E-state index is -1.18. The molecule has 1 rings (SSSR count). The van der Waals surface area contributed by atoms with Crippen LogP contribution in [0.5, 0.6) is 0 Å². The molecule has 0 unspecified atom stereocenters. The van der Waals surface area contributed by atoms with Gasteiger partial charge in [0, 0.05) is 24.3 Å². The van der Waals surface area contributed by atoms with E-state index in [1.54, 1.807) is 0 Å². The molecule has 13 heavy (non-hydrogen) atoms. The first kappa shape index (κ1) is 10.8. The molecule has 1 aromatic carbocycles. The zero-order valence-electron chi connectivity index (χ0n) is 7.58. The summed E-state index contributed by atoms with van der Waals surface area (Å²) in [6, 6.07) is 7.51. The zero-order chi connectivity index (χ0) is 9.90. The second-order valence-corrected chi connectivity index (χ2v) is 3.41. The topological polar surface area (TPSA) is 18.5 Å². The van der Waals surface area contributed by atoms with Gasteiger partial charge in [-0.15, -0.1) is 0 Å². The molecular formula is C9H10BBrO2. The molecule has 0 heterocycles. The van der Waals surface area contributed by atoms with Gasteiger partial charge in [0.05, 0.1) is 0 Å². The van der Waals surface area contributed by atoms with Gasteiger partial charge in [0.15, 0.2) is 7.85 Å². The van der Waals surface area contributed by atoms with Crippen molar-refractivity contribution in [2.45, 2.75) is 5.69 Å². The highest BCUT2D eigenvalue weighted by Crippen LogP contribution is 2.28. The van der Waals surface area contributed by atoms with Crippen LogP contribution < -0.4 is 0 Å². The quantitative estimate of drug-likeness (QED) is 0.595. The van der Waals surface area contributed by atoms with E-state index in [1.807, 2.05) is 24.3 Å². The molecule has 1 aromatic rings. The molecule has 0 N–H and O–H groups in total. The predicted octanol–water partition coefficient (Wildman–Crippen LogP) is 2.02. The average molecular weight is 241 g/mol. The minimum absolute atomic E-state index is 0.764. The fourth-order valence-electron chi connectivity index (χ4n) is 1.05. The number of methoxy groups -OCH3 is 2. The molecule has 0 aliphatic carbocycles. The molecule has 0 saturated carbocycles. The van der Waals surface area contributed by atoms with Crippen molar-refractivity contribution in [1.82, 2.24) is 0 Å². The van der Waals surface area contributed by atoms with Crippen LogP contribution in [-0.2, 0) is 15.2 Å². The Labute approximate surface area is 87.8 Å². The van der Waals surface area contributed by atoms with Gasteiger partial charge < -0.3 is 9.47 Å². The van der Waals surface area contributed by atoms with Gasteiger partial charge in [-0.25, -0.2) is 0 Å². The lowest BCUT2D eigenvalue weighted by Crippen LogP contribution is -2.31. The Morgan fingerprint density at radius 1 is 1.23 bits per heavy atom. The summed E-state index contributed by atoms with van der Waals surface area (Å²) in [6.45, 7) is 0. The zero-order valence-corrected chi connectivity index (χ0v) is 9.17. The highest BCUT2D eigenvalue weighted by atomic mass is 79.9. The van der Waals surface area contributed by atoms with E-state index >= 15 is 0 Å². The summed E-state index contributed by atoms with van der Waals surface area (Å²) >= 11 is 3.37. The van der Waals surface area contributed by atoms with Gasteiger partial charge >= 0.3 is 0 Å². The smallest absolute Gasteiger partial charge is 0.161 e. The number of halogens is 1. The lowest BCUT2D eigenvalue weighted by molar-refractivity contribution is -0.149. The van der Waals surface area contributed by atoms with Crippen molar-refractivity contribution < 1.29 is 9.47 Å². The molecule has 0 amide bonds. The maximum absolute atomic E-state index is 5.84. The van der Waals surface area contributed by atoms with Crippen molar-refractivity contribution in [1.29, 1.82) is 0 Å². The van der Waals surface area contributed by atoms with Gasteiger partial charge in [-0.1, -0.05) is 34.1 Å². The molecule has 4 heteroatoms. The van der Waals surface area contributed by atoms with Crippen LogP contribution >= 0.6 is 15.9 Å². The summed E-state index contributed by atoms with van der Waals surface area (Å²) < 4.78 is 11.0. The maximum Gasteiger partial charge on any atom is 0.161 e. The van der Waals surface area contributed by atoms with Gasteiger partial charge in [0.2, 0.25) is 0 Å². The van der Waals surface area contributed by atoms with Crippen molar-refractivity contribution in [3.8, 4) is 0 Å².